The molecule has 0 aromatic heterocycles. The minimum absolute atomic E-state index is 0.127. The summed E-state index contributed by atoms with van der Waals surface area (Å²) in [4.78, 5) is 0. The summed E-state index contributed by atoms with van der Waals surface area (Å²) in [6.07, 6.45) is 0.127. The zero-order chi connectivity index (χ0) is 14.7. The van der Waals surface area contributed by atoms with Gasteiger partial charge in [-0.3, -0.25) is 11.3 Å². The van der Waals surface area contributed by atoms with Crippen LogP contribution in [0.3, 0.4) is 0 Å². The Balaban J connectivity index is 2.31. The van der Waals surface area contributed by atoms with E-state index in [1.54, 1.807) is 0 Å². The normalized spacial score (nSPS) is 12.4. The Bertz CT molecular complexity index is 599. The fourth-order valence-corrected chi connectivity index (χ4v) is 2.19. The molecule has 0 amide bonds. The van der Waals surface area contributed by atoms with Crippen LogP contribution in [0.25, 0.3) is 0 Å². The van der Waals surface area contributed by atoms with E-state index in [0.29, 0.717) is 10.6 Å². The Morgan fingerprint density at radius 3 is 2.30 bits per heavy atom. The summed E-state index contributed by atoms with van der Waals surface area (Å²) in [6, 6.07) is 6.54. The average molecular weight is 301 g/mol. The molecule has 0 heterocycles. The highest BCUT2D eigenvalue weighted by Gasteiger charge is 2.16. The van der Waals surface area contributed by atoms with Crippen LogP contribution in [0.5, 0.6) is 0 Å². The van der Waals surface area contributed by atoms with E-state index < -0.39 is 23.5 Å². The quantitative estimate of drug-likeness (QED) is 0.670. The predicted octanol–water partition coefficient (Wildman–Crippen LogP) is 3.50. The molecule has 0 aliphatic heterocycles. The van der Waals surface area contributed by atoms with Crippen molar-refractivity contribution in [2.24, 2.45) is 5.84 Å². The minimum atomic E-state index is -0.692. The smallest absolute Gasteiger partial charge is 0.128 e. The Labute approximate surface area is 119 Å². The van der Waals surface area contributed by atoms with Gasteiger partial charge in [0.15, 0.2) is 0 Å². The van der Waals surface area contributed by atoms with E-state index in [4.69, 9.17) is 17.4 Å². The number of rotatable bonds is 4. The van der Waals surface area contributed by atoms with Crippen LogP contribution in [0.2, 0.25) is 5.02 Å². The first kappa shape index (κ1) is 14.8. The van der Waals surface area contributed by atoms with Gasteiger partial charge in [0.25, 0.3) is 0 Å². The summed E-state index contributed by atoms with van der Waals surface area (Å²) in [5, 5.41) is 0.354. The van der Waals surface area contributed by atoms with Crippen molar-refractivity contribution in [2.75, 3.05) is 0 Å². The number of hydrogen-bond donors (Lipinski definition) is 2. The zero-order valence-electron chi connectivity index (χ0n) is 10.3. The second-order valence-corrected chi connectivity index (χ2v) is 4.80. The van der Waals surface area contributed by atoms with Gasteiger partial charge < -0.3 is 0 Å². The van der Waals surface area contributed by atoms with Gasteiger partial charge in [0, 0.05) is 16.7 Å². The van der Waals surface area contributed by atoms with Crippen LogP contribution >= 0.6 is 11.6 Å². The first-order valence-corrected chi connectivity index (χ1v) is 6.23. The standard InChI is InChI=1S/C14H12ClF3N2/c15-9-1-2-13(18)12(6-9)14(20-19)5-8-3-10(16)7-11(17)4-8/h1-4,6-7,14,20H,5,19H2. The summed E-state index contributed by atoms with van der Waals surface area (Å²) in [5.41, 5.74) is 3.04. The fraction of sp³-hybridized carbons (Fsp3) is 0.143. The summed E-state index contributed by atoms with van der Waals surface area (Å²) in [6.45, 7) is 0. The Morgan fingerprint density at radius 2 is 1.70 bits per heavy atom. The van der Waals surface area contributed by atoms with Crippen LogP contribution in [0.15, 0.2) is 36.4 Å². The molecule has 2 aromatic carbocycles. The van der Waals surface area contributed by atoms with E-state index in [2.05, 4.69) is 5.43 Å². The third-order valence-electron chi connectivity index (χ3n) is 2.90. The molecule has 0 aliphatic carbocycles. The van der Waals surface area contributed by atoms with Crippen LogP contribution in [0.1, 0.15) is 17.2 Å². The van der Waals surface area contributed by atoms with E-state index in [0.717, 1.165) is 6.07 Å². The molecule has 6 heteroatoms. The highest BCUT2D eigenvalue weighted by molar-refractivity contribution is 6.30. The number of hydrogen-bond acceptors (Lipinski definition) is 2. The molecule has 2 nitrogen and oxygen atoms in total. The monoisotopic (exact) mass is 300 g/mol. The van der Waals surface area contributed by atoms with Gasteiger partial charge in [-0.15, -0.1) is 0 Å². The maximum Gasteiger partial charge on any atom is 0.128 e. The molecular formula is C14H12ClF3N2. The molecule has 1 unspecified atom stereocenters. The first-order chi connectivity index (χ1) is 9.49. The van der Waals surface area contributed by atoms with Gasteiger partial charge in [0.2, 0.25) is 0 Å². The maximum absolute atomic E-state index is 13.8. The molecule has 0 spiro atoms. The summed E-state index contributed by atoms with van der Waals surface area (Å²) in [7, 11) is 0. The van der Waals surface area contributed by atoms with Gasteiger partial charge in [0.1, 0.15) is 17.5 Å². The van der Waals surface area contributed by atoms with Crippen molar-refractivity contribution in [3.63, 3.8) is 0 Å². The molecule has 3 N–H and O–H groups in total. The molecular weight excluding hydrogens is 289 g/mol. The highest BCUT2D eigenvalue weighted by Crippen LogP contribution is 2.24. The number of nitrogens with two attached hydrogens (primary N) is 1. The molecule has 0 radical (unpaired) electrons. The Kier molecular flexibility index (Phi) is 4.65. The maximum atomic E-state index is 13.8. The zero-order valence-corrected chi connectivity index (χ0v) is 11.1. The molecule has 1 atom stereocenters. The van der Waals surface area contributed by atoms with E-state index in [1.165, 1.54) is 30.3 Å². The van der Waals surface area contributed by atoms with Gasteiger partial charge in [-0.25, -0.2) is 13.2 Å². The van der Waals surface area contributed by atoms with E-state index >= 15 is 0 Å². The van der Waals surface area contributed by atoms with Crippen molar-refractivity contribution >= 4 is 11.6 Å². The minimum Gasteiger partial charge on any atom is -0.271 e. The third-order valence-corrected chi connectivity index (χ3v) is 3.13. The van der Waals surface area contributed by atoms with Gasteiger partial charge >= 0.3 is 0 Å². The number of halogens is 4. The second-order valence-electron chi connectivity index (χ2n) is 4.37. The molecule has 0 aliphatic rings. The van der Waals surface area contributed by atoms with Crippen molar-refractivity contribution in [1.82, 2.24) is 5.43 Å². The lowest BCUT2D eigenvalue weighted by Gasteiger charge is -2.17. The molecule has 2 rings (SSSR count). The van der Waals surface area contributed by atoms with Crippen molar-refractivity contribution in [3.8, 4) is 0 Å². The second kappa shape index (κ2) is 6.26. The average Bonchev–Trinajstić information content (AvgIpc) is 2.38. The lowest BCUT2D eigenvalue weighted by molar-refractivity contribution is 0.506. The van der Waals surface area contributed by atoms with Crippen LogP contribution in [-0.4, -0.2) is 0 Å². The Morgan fingerprint density at radius 1 is 1.05 bits per heavy atom. The highest BCUT2D eigenvalue weighted by atomic mass is 35.5. The molecule has 0 bridgehead atoms. The largest absolute Gasteiger partial charge is 0.271 e. The van der Waals surface area contributed by atoms with Gasteiger partial charge in [0.05, 0.1) is 6.04 Å². The van der Waals surface area contributed by atoms with E-state index in [9.17, 15) is 13.2 Å². The van der Waals surface area contributed by atoms with Gasteiger partial charge in [-0.2, -0.15) is 0 Å². The molecule has 2 aromatic rings. The van der Waals surface area contributed by atoms with Gasteiger partial charge in [-0.05, 0) is 42.3 Å². The number of nitrogens with one attached hydrogen (secondary N) is 1. The van der Waals surface area contributed by atoms with Gasteiger partial charge in [-0.1, -0.05) is 11.6 Å². The summed E-state index contributed by atoms with van der Waals surface area (Å²) >= 11 is 5.82. The van der Waals surface area contributed by atoms with Crippen LogP contribution < -0.4 is 11.3 Å². The van der Waals surface area contributed by atoms with Crippen molar-refractivity contribution in [1.29, 1.82) is 0 Å². The molecule has 0 saturated carbocycles. The SMILES string of the molecule is NNC(Cc1cc(F)cc(F)c1)c1cc(Cl)ccc1F. The number of hydrazine groups is 1. The molecule has 20 heavy (non-hydrogen) atoms. The van der Waals surface area contributed by atoms with E-state index in [1.807, 2.05) is 0 Å². The Hall–Kier alpha value is -1.56. The molecule has 0 fully saturated rings. The number of benzene rings is 2. The van der Waals surface area contributed by atoms with Crippen LogP contribution in [0, 0.1) is 17.5 Å². The predicted molar refractivity (Wildman–Crippen MR) is 71.5 cm³/mol. The third kappa shape index (κ3) is 3.50. The summed E-state index contributed by atoms with van der Waals surface area (Å²) < 4.78 is 40.0. The van der Waals surface area contributed by atoms with Crippen molar-refractivity contribution in [2.45, 2.75) is 12.5 Å². The fourth-order valence-electron chi connectivity index (χ4n) is 2.00. The first-order valence-electron chi connectivity index (χ1n) is 5.85. The van der Waals surface area contributed by atoms with Crippen molar-refractivity contribution < 1.29 is 13.2 Å². The van der Waals surface area contributed by atoms with Crippen molar-refractivity contribution in [3.05, 3.63) is 70.0 Å². The topological polar surface area (TPSA) is 38.0 Å². The molecule has 0 saturated heterocycles. The lowest BCUT2D eigenvalue weighted by atomic mass is 9.99. The molecule has 106 valence electrons. The van der Waals surface area contributed by atoms with Crippen LogP contribution in [0.4, 0.5) is 13.2 Å². The van der Waals surface area contributed by atoms with Crippen LogP contribution in [-0.2, 0) is 6.42 Å². The van der Waals surface area contributed by atoms with E-state index in [-0.39, 0.29) is 12.0 Å². The lowest BCUT2D eigenvalue weighted by Crippen LogP contribution is -2.30. The summed E-state index contributed by atoms with van der Waals surface area (Å²) in [5.74, 6) is 3.52.